The molecule has 0 bridgehead atoms. The summed E-state index contributed by atoms with van der Waals surface area (Å²) in [4.78, 5) is 37.2. The van der Waals surface area contributed by atoms with Gasteiger partial charge >= 0.3 is 12.0 Å². The molecule has 0 fully saturated rings. The van der Waals surface area contributed by atoms with Gasteiger partial charge in [-0.1, -0.05) is 13.3 Å². The van der Waals surface area contributed by atoms with Gasteiger partial charge < -0.3 is 10.1 Å². The van der Waals surface area contributed by atoms with Crippen LogP contribution in [-0.2, 0) is 22.4 Å². The van der Waals surface area contributed by atoms with E-state index in [1.54, 1.807) is 20.8 Å². The maximum atomic E-state index is 12.1. The highest BCUT2D eigenvalue weighted by molar-refractivity contribution is 7.14. The van der Waals surface area contributed by atoms with Gasteiger partial charge in [0.1, 0.15) is 4.88 Å². The van der Waals surface area contributed by atoms with E-state index in [-0.39, 0.29) is 0 Å². The van der Waals surface area contributed by atoms with Gasteiger partial charge in [-0.3, -0.25) is 10.1 Å². The molecule has 1 aromatic rings. The van der Waals surface area contributed by atoms with Gasteiger partial charge in [0.2, 0.25) is 0 Å². The van der Waals surface area contributed by atoms with Crippen LogP contribution in [0.3, 0.4) is 0 Å². The van der Waals surface area contributed by atoms with E-state index < -0.39 is 30.1 Å². The third kappa shape index (κ3) is 5.85. The summed E-state index contributed by atoms with van der Waals surface area (Å²) >= 11 is 1.44. The second kappa shape index (κ2) is 7.99. The maximum Gasteiger partial charge on any atom is 0.348 e. The van der Waals surface area contributed by atoms with Crippen molar-refractivity contribution in [1.82, 2.24) is 10.6 Å². The molecule has 1 aliphatic rings. The minimum absolute atomic E-state index is 0.451. The van der Waals surface area contributed by atoms with Crippen molar-refractivity contribution >= 4 is 29.2 Å². The fraction of sp³-hybridized carbons (Fsp3) is 0.611. The lowest BCUT2D eigenvalue weighted by Gasteiger charge is -2.20. The average molecular weight is 366 g/mol. The monoisotopic (exact) mass is 366 g/mol. The maximum absolute atomic E-state index is 12.1. The van der Waals surface area contributed by atoms with E-state index in [1.165, 1.54) is 21.8 Å². The zero-order chi connectivity index (χ0) is 18.6. The van der Waals surface area contributed by atoms with Crippen molar-refractivity contribution in [2.45, 2.75) is 58.9 Å². The van der Waals surface area contributed by atoms with E-state index in [0.29, 0.717) is 10.8 Å². The van der Waals surface area contributed by atoms with Crippen molar-refractivity contribution in [2.75, 3.05) is 6.61 Å². The van der Waals surface area contributed by atoms with Crippen LogP contribution in [0.5, 0.6) is 0 Å². The largest absolute Gasteiger partial charge is 0.451 e. The first-order valence-corrected chi connectivity index (χ1v) is 9.40. The fourth-order valence-corrected chi connectivity index (χ4v) is 3.89. The lowest BCUT2D eigenvalue weighted by atomic mass is 9.87. The van der Waals surface area contributed by atoms with Crippen molar-refractivity contribution in [3.63, 3.8) is 0 Å². The summed E-state index contributed by atoms with van der Waals surface area (Å²) in [5.41, 5.74) is 0.775. The number of rotatable bonds is 4. The molecule has 2 rings (SSSR count). The molecule has 1 aromatic heterocycles. The van der Waals surface area contributed by atoms with Gasteiger partial charge in [-0.05, 0) is 57.6 Å². The van der Waals surface area contributed by atoms with Crippen LogP contribution in [0, 0.1) is 5.92 Å². The first-order chi connectivity index (χ1) is 11.7. The van der Waals surface area contributed by atoms with Gasteiger partial charge in [0, 0.05) is 10.4 Å². The lowest BCUT2D eigenvalue weighted by Crippen LogP contribution is -2.49. The highest BCUT2D eigenvalue weighted by Crippen LogP contribution is 2.33. The minimum Gasteiger partial charge on any atom is -0.451 e. The fourth-order valence-electron chi connectivity index (χ4n) is 2.78. The van der Waals surface area contributed by atoms with Crippen LogP contribution in [0.1, 0.15) is 60.6 Å². The first kappa shape index (κ1) is 19.4. The molecule has 3 amide bonds. The quantitative estimate of drug-likeness (QED) is 0.802. The Morgan fingerprint density at radius 3 is 2.68 bits per heavy atom. The third-order valence-corrected chi connectivity index (χ3v) is 5.26. The Hall–Kier alpha value is -1.89. The molecule has 1 aliphatic carbocycles. The Kier molecular flexibility index (Phi) is 6.21. The van der Waals surface area contributed by atoms with Crippen LogP contribution in [0.25, 0.3) is 0 Å². The Morgan fingerprint density at radius 1 is 1.32 bits per heavy atom. The molecular formula is C18H26N2O4S. The van der Waals surface area contributed by atoms with Gasteiger partial charge in [-0.15, -0.1) is 11.3 Å². The smallest absolute Gasteiger partial charge is 0.348 e. The van der Waals surface area contributed by atoms with E-state index in [2.05, 4.69) is 17.6 Å². The molecule has 0 aliphatic heterocycles. The molecule has 7 heteroatoms. The molecule has 0 spiro atoms. The average Bonchev–Trinajstić information content (AvgIpc) is 2.93. The molecule has 25 heavy (non-hydrogen) atoms. The number of thiophene rings is 1. The summed E-state index contributed by atoms with van der Waals surface area (Å²) in [6, 6.07) is 1.28. The summed E-state index contributed by atoms with van der Waals surface area (Å²) in [5, 5.41) is 4.75. The molecule has 0 saturated heterocycles. The predicted molar refractivity (Wildman–Crippen MR) is 96.8 cm³/mol. The number of hydrogen-bond donors (Lipinski definition) is 2. The molecule has 6 nitrogen and oxygen atoms in total. The van der Waals surface area contributed by atoms with Crippen molar-refractivity contribution in [2.24, 2.45) is 5.92 Å². The molecule has 0 radical (unpaired) electrons. The van der Waals surface area contributed by atoms with E-state index in [0.717, 1.165) is 25.7 Å². The molecular weight excluding hydrogens is 340 g/mol. The summed E-state index contributed by atoms with van der Waals surface area (Å²) in [6.45, 7) is 7.12. The number of hydrogen-bond acceptors (Lipinski definition) is 5. The summed E-state index contributed by atoms with van der Waals surface area (Å²) in [7, 11) is 0. The summed E-state index contributed by atoms with van der Waals surface area (Å²) in [6.07, 6.45) is 4.30. The van der Waals surface area contributed by atoms with Gasteiger partial charge in [0.05, 0.1) is 0 Å². The van der Waals surface area contributed by atoms with Crippen LogP contribution in [0.15, 0.2) is 6.07 Å². The van der Waals surface area contributed by atoms with Crippen LogP contribution in [0.2, 0.25) is 0 Å². The number of ether oxygens (including phenoxy) is 1. The molecule has 0 saturated carbocycles. The highest BCUT2D eigenvalue weighted by atomic mass is 32.1. The number of carbonyl (C=O) groups is 3. The molecule has 1 heterocycles. The van der Waals surface area contributed by atoms with Crippen LogP contribution in [-0.4, -0.2) is 30.1 Å². The molecule has 138 valence electrons. The first-order valence-electron chi connectivity index (χ1n) is 8.58. The van der Waals surface area contributed by atoms with Crippen molar-refractivity contribution < 1.29 is 19.1 Å². The molecule has 2 N–H and O–H groups in total. The van der Waals surface area contributed by atoms with Crippen molar-refractivity contribution in [3.8, 4) is 0 Å². The van der Waals surface area contributed by atoms with E-state index in [9.17, 15) is 14.4 Å². The number of esters is 1. The van der Waals surface area contributed by atoms with Crippen molar-refractivity contribution in [1.29, 1.82) is 0 Å². The topological polar surface area (TPSA) is 84.5 Å². The summed E-state index contributed by atoms with van der Waals surface area (Å²) < 4.78 is 5.03. The van der Waals surface area contributed by atoms with E-state index in [4.69, 9.17) is 4.74 Å². The zero-order valence-corrected chi connectivity index (χ0v) is 16.0. The number of aryl methyl sites for hydroxylation is 1. The Morgan fingerprint density at radius 2 is 2.04 bits per heavy atom. The second-order valence-electron chi connectivity index (χ2n) is 7.40. The SMILES string of the molecule is CCC1CCc2sc(C(=O)OCC(=O)NC(=O)NC(C)(C)C)cc2C1. The number of amides is 3. The number of fused-ring (bicyclic) bond motifs is 1. The van der Waals surface area contributed by atoms with E-state index in [1.807, 2.05) is 6.07 Å². The van der Waals surface area contributed by atoms with Crippen molar-refractivity contribution in [3.05, 3.63) is 21.4 Å². The van der Waals surface area contributed by atoms with Crippen LogP contribution < -0.4 is 10.6 Å². The zero-order valence-electron chi connectivity index (χ0n) is 15.2. The van der Waals surface area contributed by atoms with Crippen LogP contribution >= 0.6 is 11.3 Å². The summed E-state index contributed by atoms with van der Waals surface area (Å²) in [5.74, 6) is -0.487. The standard InChI is InChI=1S/C18H26N2O4S/c1-5-11-6-7-13-12(8-11)9-14(25-13)16(22)24-10-15(21)19-17(23)20-18(2,3)4/h9,11H,5-8,10H2,1-4H3,(H2,19,20,21,23). The molecule has 0 aromatic carbocycles. The number of carbonyl (C=O) groups excluding carboxylic acids is 3. The molecule has 1 atom stereocenters. The Balaban J connectivity index is 1.84. The normalized spacial score (nSPS) is 16.7. The number of nitrogens with one attached hydrogen (secondary N) is 2. The Bertz CT molecular complexity index is 661. The predicted octanol–water partition coefficient (Wildman–Crippen LogP) is 3.04. The lowest BCUT2D eigenvalue weighted by molar-refractivity contribution is -0.123. The number of urea groups is 1. The van der Waals surface area contributed by atoms with Gasteiger partial charge in [-0.2, -0.15) is 0 Å². The van der Waals surface area contributed by atoms with Gasteiger partial charge in [0.25, 0.3) is 5.91 Å². The molecule has 1 unspecified atom stereocenters. The second-order valence-corrected chi connectivity index (χ2v) is 8.54. The highest BCUT2D eigenvalue weighted by Gasteiger charge is 2.23. The van der Waals surface area contributed by atoms with Gasteiger partial charge in [0.15, 0.2) is 6.61 Å². The minimum atomic E-state index is -0.650. The number of imide groups is 1. The van der Waals surface area contributed by atoms with E-state index >= 15 is 0 Å². The van der Waals surface area contributed by atoms with Gasteiger partial charge in [-0.25, -0.2) is 9.59 Å². The Labute approximate surface area is 152 Å². The van der Waals surface area contributed by atoms with Crippen LogP contribution in [0.4, 0.5) is 4.79 Å². The third-order valence-electron chi connectivity index (χ3n) is 4.04.